The van der Waals surface area contributed by atoms with Crippen molar-refractivity contribution in [3.63, 3.8) is 0 Å². The Bertz CT molecular complexity index is 430. The van der Waals surface area contributed by atoms with Gasteiger partial charge >= 0.3 is 6.09 Å². The summed E-state index contributed by atoms with van der Waals surface area (Å²) in [5, 5.41) is 12.1. The van der Waals surface area contributed by atoms with E-state index in [0.717, 1.165) is 5.56 Å². The highest BCUT2D eigenvalue weighted by Crippen LogP contribution is 2.17. The van der Waals surface area contributed by atoms with Gasteiger partial charge in [0.1, 0.15) is 11.4 Å². The molecule has 0 atom stereocenters. The first-order chi connectivity index (χ1) is 8.57. The van der Waals surface area contributed by atoms with E-state index in [1.807, 2.05) is 46.8 Å². The van der Waals surface area contributed by atoms with Crippen molar-refractivity contribution in [1.82, 2.24) is 5.32 Å². The van der Waals surface area contributed by atoms with Crippen molar-refractivity contribution in [2.45, 2.75) is 52.2 Å². The quantitative estimate of drug-likeness (QED) is 0.882. The molecular formula is C15H23NO3. The van der Waals surface area contributed by atoms with E-state index in [1.165, 1.54) is 0 Å². The number of carbonyl (C=O) groups is 1. The second-order valence-corrected chi connectivity index (χ2v) is 6.35. The van der Waals surface area contributed by atoms with Crippen LogP contribution in [0.3, 0.4) is 0 Å². The fourth-order valence-electron chi connectivity index (χ4n) is 1.75. The largest absolute Gasteiger partial charge is 0.508 e. The molecule has 4 heteroatoms. The minimum Gasteiger partial charge on any atom is -0.508 e. The molecule has 0 spiro atoms. The number of ether oxygens (including phenoxy) is 1. The Morgan fingerprint density at radius 1 is 1.16 bits per heavy atom. The van der Waals surface area contributed by atoms with Gasteiger partial charge in [0.15, 0.2) is 0 Å². The number of hydrogen-bond donors (Lipinski definition) is 2. The van der Waals surface area contributed by atoms with Crippen molar-refractivity contribution in [3.8, 4) is 5.75 Å². The number of benzene rings is 1. The molecule has 0 aromatic heterocycles. The number of carbonyl (C=O) groups excluding carboxylic acids is 1. The Hall–Kier alpha value is -1.71. The van der Waals surface area contributed by atoms with Gasteiger partial charge in [0, 0.05) is 5.54 Å². The van der Waals surface area contributed by atoms with Crippen molar-refractivity contribution in [2.75, 3.05) is 0 Å². The highest BCUT2D eigenvalue weighted by atomic mass is 16.6. The van der Waals surface area contributed by atoms with Gasteiger partial charge in [-0.05, 0) is 58.7 Å². The normalized spacial score (nSPS) is 12.1. The van der Waals surface area contributed by atoms with E-state index >= 15 is 0 Å². The second kappa shape index (κ2) is 5.51. The van der Waals surface area contributed by atoms with Gasteiger partial charge in [-0.15, -0.1) is 0 Å². The number of phenols is 1. The van der Waals surface area contributed by atoms with Crippen LogP contribution in [-0.4, -0.2) is 22.3 Å². The van der Waals surface area contributed by atoms with Gasteiger partial charge in [0.25, 0.3) is 0 Å². The number of amides is 1. The van der Waals surface area contributed by atoms with Crippen LogP contribution >= 0.6 is 0 Å². The van der Waals surface area contributed by atoms with E-state index in [0.29, 0.717) is 6.42 Å². The first-order valence-corrected chi connectivity index (χ1v) is 6.36. The minimum absolute atomic E-state index is 0.238. The van der Waals surface area contributed by atoms with Crippen LogP contribution in [0.15, 0.2) is 24.3 Å². The number of rotatable bonds is 3. The van der Waals surface area contributed by atoms with Crippen molar-refractivity contribution < 1.29 is 14.6 Å². The Labute approximate surface area is 114 Å². The first kappa shape index (κ1) is 15.3. The summed E-state index contributed by atoms with van der Waals surface area (Å²) in [5.41, 5.74) is 0.122. The fourth-order valence-corrected chi connectivity index (χ4v) is 1.75. The van der Waals surface area contributed by atoms with Crippen LogP contribution in [0.25, 0.3) is 0 Å². The lowest BCUT2D eigenvalue weighted by atomic mass is 9.95. The molecule has 0 saturated carbocycles. The summed E-state index contributed by atoms with van der Waals surface area (Å²) in [6, 6.07) is 6.96. The van der Waals surface area contributed by atoms with E-state index in [-0.39, 0.29) is 5.75 Å². The summed E-state index contributed by atoms with van der Waals surface area (Å²) in [6.07, 6.45) is 0.239. The monoisotopic (exact) mass is 265 g/mol. The van der Waals surface area contributed by atoms with E-state index in [1.54, 1.807) is 12.1 Å². The molecule has 0 saturated heterocycles. The van der Waals surface area contributed by atoms with Crippen LogP contribution in [0.1, 0.15) is 40.2 Å². The predicted octanol–water partition coefficient (Wildman–Crippen LogP) is 3.24. The summed E-state index contributed by atoms with van der Waals surface area (Å²) < 4.78 is 5.24. The Kier molecular flexibility index (Phi) is 4.45. The molecule has 0 bridgehead atoms. The van der Waals surface area contributed by atoms with Crippen LogP contribution in [0.4, 0.5) is 4.79 Å². The number of nitrogens with one attached hydrogen (secondary N) is 1. The summed E-state index contributed by atoms with van der Waals surface area (Å²) in [6.45, 7) is 9.37. The number of hydrogen-bond acceptors (Lipinski definition) is 3. The molecule has 0 radical (unpaired) electrons. The molecule has 0 heterocycles. The molecule has 0 fully saturated rings. The summed E-state index contributed by atoms with van der Waals surface area (Å²) in [7, 11) is 0. The second-order valence-electron chi connectivity index (χ2n) is 6.35. The van der Waals surface area contributed by atoms with Gasteiger partial charge in [-0.1, -0.05) is 12.1 Å². The molecular weight excluding hydrogens is 242 g/mol. The van der Waals surface area contributed by atoms with Crippen LogP contribution in [0.2, 0.25) is 0 Å². The molecule has 0 aliphatic carbocycles. The molecule has 19 heavy (non-hydrogen) atoms. The molecule has 2 N–H and O–H groups in total. The Balaban J connectivity index is 2.61. The van der Waals surface area contributed by atoms with Crippen molar-refractivity contribution in [2.24, 2.45) is 0 Å². The molecule has 4 nitrogen and oxygen atoms in total. The minimum atomic E-state index is -0.501. The zero-order valence-corrected chi connectivity index (χ0v) is 12.3. The zero-order chi connectivity index (χ0) is 14.7. The summed E-state index contributed by atoms with van der Waals surface area (Å²) >= 11 is 0. The van der Waals surface area contributed by atoms with Crippen LogP contribution in [-0.2, 0) is 11.2 Å². The van der Waals surface area contributed by atoms with Crippen molar-refractivity contribution in [1.29, 1.82) is 0 Å². The van der Waals surface area contributed by atoms with E-state index in [9.17, 15) is 9.90 Å². The maximum atomic E-state index is 11.7. The third-order valence-electron chi connectivity index (χ3n) is 2.42. The fraction of sp³-hybridized carbons (Fsp3) is 0.533. The molecule has 0 aliphatic heterocycles. The topological polar surface area (TPSA) is 58.6 Å². The van der Waals surface area contributed by atoms with Gasteiger partial charge in [0.2, 0.25) is 0 Å². The Morgan fingerprint density at radius 2 is 1.68 bits per heavy atom. The third-order valence-corrected chi connectivity index (χ3v) is 2.42. The maximum Gasteiger partial charge on any atom is 0.408 e. The lowest BCUT2D eigenvalue weighted by Crippen LogP contribution is -2.47. The molecule has 106 valence electrons. The van der Waals surface area contributed by atoms with Crippen LogP contribution < -0.4 is 5.32 Å². The number of alkyl carbamates (subject to hydrolysis) is 1. The van der Waals surface area contributed by atoms with Gasteiger partial charge in [0.05, 0.1) is 0 Å². The zero-order valence-electron chi connectivity index (χ0n) is 12.3. The average molecular weight is 265 g/mol. The van der Waals surface area contributed by atoms with Crippen LogP contribution in [0.5, 0.6) is 5.75 Å². The summed E-state index contributed by atoms with van der Waals surface area (Å²) in [5.74, 6) is 0.238. The highest BCUT2D eigenvalue weighted by Gasteiger charge is 2.24. The van der Waals surface area contributed by atoms with E-state index < -0.39 is 17.2 Å². The predicted molar refractivity (Wildman–Crippen MR) is 75.3 cm³/mol. The highest BCUT2D eigenvalue weighted by molar-refractivity contribution is 5.68. The van der Waals surface area contributed by atoms with Gasteiger partial charge < -0.3 is 15.2 Å². The van der Waals surface area contributed by atoms with Crippen LogP contribution in [0, 0.1) is 0 Å². The van der Waals surface area contributed by atoms with Gasteiger partial charge in [-0.2, -0.15) is 0 Å². The molecule has 1 aromatic carbocycles. The molecule has 1 amide bonds. The maximum absolute atomic E-state index is 11.7. The number of aromatic hydroxyl groups is 1. The first-order valence-electron chi connectivity index (χ1n) is 6.36. The molecule has 1 rings (SSSR count). The Morgan fingerprint density at radius 3 is 2.16 bits per heavy atom. The standard InChI is InChI=1S/C15H23NO3/c1-14(2,3)19-13(18)16-15(4,5)10-11-6-8-12(17)9-7-11/h6-9,17H,10H2,1-5H3,(H,16,18). The van der Waals surface area contributed by atoms with Gasteiger partial charge in [-0.3, -0.25) is 0 Å². The molecule has 0 unspecified atom stereocenters. The lowest BCUT2D eigenvalue weighted by molar-refractivity contribution is 0.0472. The molecule has 0 aliphatic rings. The SMILES string of the molecule is CC(C)(Cc1ccc(O)cc1)NC(=O)OC(C)(C)C. The van der Waals surface area contributed by atoms with E-state index in [4.69, 9.17) is 4.74 Å². The molecule has 1 aromatic rings. The third kappa shape index (κ3) is 6.13. The van der Waals surface area contributed by atoms with Crippen molar-refractivity contribution in [3.05, 3.63) is 29.8 Å². The summed E-state index contributed by atoms with van der Waals surface area (Å²) in [4.78, 5) is 11.7. The number of phenolic OH excluding ortho intramolecular Hbond substituents is 1. The van der Waals surface area contributed by atoms with Crippen molar-refractivity contribution >= 4 is 6.09 Å². The smallest absolute Gasteiger partial charge is 0.408 e. The van der Waals surface area contributed by atoms with Gasteiger partial charge in [-0.25, -0.2) is 4.79 Å². The lowest BCUT2D eigenvalue weighted by Gasteiger charge is -2.28. The van der Waals surface area contributed by atoms with E-state index in [2.05, 4.69) is 5.32 Å². The average Bonchev–Trinajstić information content (AvgIpc) is 2.17.